The Morgan fingerprint density at radius 3 is 2.53 bits per heavy atom. The van der Waals surface area contributed by atoms with Gasteiger partial charge in [-0.1, -0.05) is 44.7 Å². The fourth-order valence-corrected chi connectivity index (χ4v) is 4.51. The molecule has 3 rings (SSSR count). The number of unbranched alkanes of at least 4 members (excludes halogenated alkanes) is 4. The van der Waals surface area contributed by atoms with Crippen LogP contribution in [0.15, 0.2) is 34.2 Å². The second-order valence-corrected chi connectivity index (χ2v) is 8.70. The molecule has 1 fully saturated rings. The zero-order valence-corrected chi connectivity index (χ0v) is 18.7. The third kappa shape index (κ3) is 6.86. The Labute approximate surface area is 184 Å². The molecule has 0 radical (unpaired) electrons. The van der Waals surface area contributed by atoms with Crippen molar-refractivity contribution < 1.29 is 14.6 Å². The monoisotopic (exact) mass is 431 g/mol. The lowest BCUT2D eigenvalue weighted by Gasteiger charge is -2.34. The van der Waals surface area contributed by atoms with E-state index in [2.05, 4.69) is 21.7 Å². The van der Waals surface area contributed by atoms with Crippen LogP contribution < -0.4 is 4.74 Å². The van der Waals surface area contributed by atoms with E-state index in [-0.39, 0.29) is 12.5 Å². The van der Waals surface area contributed by atoms with E-state index in [9.17, 15) is 4.79 Å². The van der Waals surface area contributed by atoms with Gasteiger partial charge in [0.15, 0.2) is 5.17 Å². The van der Waals surface area contributed by atoms with Crippen molar-refractivity contribution in [2.75, 3.05) is 45.9 Å². The van der Waals surface area contributed by atoms with Crippen molar-refractivity contribution in [2.45, 2.75) is 39.0 Å². The number of amides is 1. The topological polar surface area (TPSA) is 65.4 Å². The molecule has 0 aliphatic carbocycles. The Balaban J connectivity index is 1.46. The minimum absolute atomic E-state index is 0.166. The summed E-state index contributed by atoms with van der Waals surface area (Å²) in [5, 5.41) is 9.85. The summed E-state index contributed by atoms with van der Waals surface area (Å²) in [7, 11) is 0. The van der Waals surface area contributed by atoms with Gasteiger partial charge in [0, 0.05) is 32.7 Å². The van der Waals surface area contributed by atoms with E-state index in [0.717, 1.165) is 55.7 Å². The zero-order valence-electron chi connectivity index (χ0n) is 17.9. The molecule has 1 saturated heterocycles. The summed E-state index contributed by atoms with van der Waals surface area (Å²) in [6.45, 7) is 7.29. The van der Waals surface area contributed by atoms with Gasteiger partial charge in [-0.2, -0.15) is 4.99 Å². The lowest BCUT2D eigenvalue weighted by atomic mass is 10.2. The number of carbonyl (C=O) groups is 1. The van der Waals surface area contributed by atoms with Crippen LogP contribution in [0.5, 0.6) is 5.75 Å². The SMILES string of the molecule is CCCCCCCOc1ccc(/C=C2\SC(N3CCN(CCO)CC3)=NC2=O)cc1. The molecule has 2 aliphatic rings. The van der Waals surface area contributed by atoms with Crippen molar-refractivity contribution in [1.29, 1.82) is 0 Å². The van der Waals surface area contributed by atoms with Crippen LogP contribution in [-0.4, -0.2) is 71.9 Å². The number of aliphatic hydroxyl groups is 1. The molecule has 0 aromatic heterocycles. The number of β-amino-alcohol motifs (C(OH)–C–C–N with tert-alkyl or cyclic N) is 1. The maximum Gasteiger partial charge on any atom is 0.286 e. The second kappa shape index (κ2) is 12.1. The van der Waals surface area contributed by atoms with Gasteiger partial charge in [0.2, 0.25) is 0 Å². The van der Waals surface area contributed by atoms with Gasteiger partial charge < -0.3 is 14.7 Å². The Bertz CT molecular complexity index is 741. The molecule has 1 aromatic rings. The summed E-state index contributed by atoms with van der Waals surface area (Å²) in [6, 6.07) is 7.90. The van der Waals surface area contributed by atoms with E-state index >= 15 is 0 Å². The fourth-order valence-electron chi connectivity index (χ4n) is 3.54. The number of hydrogen-bond acceptors (Lipinski definition) is 6. The van der Waals surface area contributed by atoms with E-state index in [1.807, 2.05) is 30.3 Å². The summed E-state index contributed by atoms with van der Waals surface area (Å²) >= 11 is 1.45. The molecular weight excluding hydrogens is 398 g/mol. The van der Waals surface area contributed by atoms with Crippen LogP contribution in [-0.2, 0) is 4.79 Å². The highest BCUT2D eigenvalue weighted by molar-refractivity contribution is 8.18. The van der Waals surface area contributed by atoms with Crippen molar-refractivity contribution in [3.8, 4) is 5.75 Å². The van der Waals surface area contributed by atoms with Crippen LogP contribution in [0.25, 0.3) is 6.08 Å². The maximum absolute atomic E-state index is 12.3. The number of hydrogen-bond donors (Lipinski definition) is 1. The first-order chi connectivity index (χ1) is 14.7. The molecule has 6 nitrogen and oxygen atoms in total. The van der Waals surface area contributed by atoms with Crippen LogP contribution in [0, 0.1) is 0 Å². The number of nitrogens with zero attached hydrogens (tertiary/aromatic N) is 3. The van der Waals surface area contributed by atoms with Crippen LogP contribution in [0.2, 0.25) is 0 Å². The van der Waals surface area contributed by atoms with Crippen molar-refractivity contribution in [1.82, 2.24) is 9.80 Å². The number of rotatable bonds is 10. The number of thioether (sulfide) groups is 1. The number of aliphatic imine (C=N–C) groups is 1. The molecule has 0 atom stereocenters. The molecule has 0 unspecified atom stereocenters. The average Bonchev–Trinajstić information content (AvgIpc) is 3.13. The summed E-state index contributed by atoms with van der Waals surface area (Å²) in [5.41, 5.74) is 0.977. The van der Waals surface area contributed by atoms with E-state index in [0.29, 0.717) is 11.4 Å². The molecule has 1 aromatic carbocycles. The second-order valence-electron chi connectivity index (χ2n) is 7.69. The molecule has 0 spiro atoms. The molecule has 7 heteroatoms. The normalized spacial score (nSPS) is 18.9. The minimum atomic E-state index is -0.166. The summed E-state index contributed by atoms with van der Waals surface area (Å²) < 4.78 is 5.81. The lowest BCUT2D eigenvalue weighted by molar-refractivity contribution is -0.113. The van der Waals surface area contributed by atoms with E-state index in [4.69, 9.17) is 9.84 Å². The highest BCUT2D eigenvalue weighted by atomic mass is 32.2. The number of aliphatic hydroxyl groups excluding tert-OH is 1. The molecule has 2 aliphatic heterocycles. The van der Waals surface area contributed by atoms with Crippen LogP contribution in [0.1, 0.15) is 44.6 Å². The number of benzene rings is 1. The molecule has 0 bridgehead atoms. The van der Waals surface area contributed by atoms with Gasteiger partial charge in [-0.05, 0) is 42.0 Å². The van der Waals surface area contributed by atoms with Crippen molar-refractivity contribution in [3.63, 3.8) is 0 Å². The first-order valence-corrected chi connectivity index (χ1v) is 11.8. The zero-order chi connectivity index (χ0) is 21.2. The number of carbonyl (C=O) groups excluding carboxylic acids is 1. The molecule has 164 valence electrons. The molecule has 1 amide bonds. The van der Waals surface area contributed by atoms with Crippen molar-refractivity contribution in [2.24, 2.45) is 4.99 Å². The minimum Gasteiger partial charge on any atom is -0.494 e. The summed E-state index contributed by atoms with van der Waals surface area (Å²) in [6.07, 6.45) is 8.04. The highest BCUT2D eigenvalue weighted by Crippen LogP contribution is 2.31. The van der Waals surface area contributed by atoms with Gasteiger partial charge in [0.1, 0.15) is 5.75 Å². The van der Waals surface area contributed by atoms with Gasteiger partial charge in [0.25, 0.3) is 5.91 Å². The smallest absolute Gasteiger partial charge is 0.286 e. The van der Waals surface area contributed by atoms with Crippen LogP contribution >= 0.6 is 11.8 Å². The predicted molar refractivity (Wildman–Crippen MR) is 124 cm³/mol. The van der Waals surface area contributed by atoms with Gasteiger partial charge >= 0.3 is 0 Å². The van der Waals surface area contributed by atoms with Crippen molar-refractivity contribution in [3.05, 3.63) is 34.7 Å². The van der Waals surface area contributed by atoms with Gasteiger partial charge in [-0.15, -0.1) is 0 Å². The summed E-state index contributed by atoms with van der Waals surface area (Å²) in [5.74, 6) is 0.705. The van der Waals surface area contributed by atoms with Gasteiger partial charge in [-0.3, -0.25) is 9.69 Å². The maximum atomic E-state index is 12.3. The fraction of sp³-hybridized carbons (Fsp3) is 0.565. The largest absolute Gasteiger partial charge is 0.494 e. The van der Waals surface area contributed by atoms with Gasteiger partial charge in [-0.25, -0.2) is 0 Å². The number of piperazine rings is 1. The molecule has 0 saturated carbocycles. The van der Waals surface area contributed by atoms with E-state index < -0.39 is 0 Å². The summed E-state index contributed by atoms with van der Waals surface area (Å²) in [4.78, 5) is 21.6. The molecule has 1 N–H and O–H groups in total. The Morgan fingerprint density at radius 2 is 1.83 bits per heavy atom. The Kier molecular flexibility index (Phi) is 9.24. The van der Waals surface area contributed by atoms with Gasteiger partial charge in [0.05, 0.1) is 18.1 Å². The third-order valence-corrected chi connectivity index (χ3v) is 6.41. The lowest BCUT2D eigenvalue weighted by Crippen LogP contribution is -2.48. The number of amidine groups is 1. The number of ether oxygens (including phenoxy) is 1. The first-order valence-electron chi connectivity index (χ1n) is 11.0. The first kappa shape index (κ1) is 22.8. The molecular formula is C23H33N3O3S. The third-order valence-electron chi connectivity index (χ3n) is 5.36. The Hall–Kier alpha value is -1.83. The average molecular weight is 432 g/mol. The van der Waals surface area contributed by atoms with E-state index in [1.165, 1.54) is 37.4 Å². The standard InChI is InChI=1S/C23H33N3O3S/c1-2-3-4-5-6-17-29-20-9-7-19(8-10-20)18-21-22(28)24-23(30-21)26-13-11-25(12-14-26)15-16-27/h7-10,18,27H,2-6,11-17H2,1H3/b21-18-. The molecule has 30 heavy (non-hydrogen) atoms. The van der Waals surface area contributed by atoms with E-state index in [1.54, 1.807) is 0 Å². The predicted octanol–water partition coefficient (Wildman–Crippen LogP) is 3.62. The quantitative estimate of drug-likeness (QED) is 0.451. The van der Waals surface area contributed by atoms with Crippen LogP contribution in [0.3, 0.4) is 0 Å². The Morgan fingerprint density at radius 1 is 1.10 bits per heavy atom. The van der Waals surface area contributed by atoms with Crippen LogP contribution in [0.4, 0.5) is 0 Å². The van der Waals surface area contributed by atoms with Crippen molar-refractivity contribution >= 4 is 28.9 Å². The highest BCUT2D eigenvalue weighted by Gasteiger charge is 2.28. The molecule has 2 heterocycles.